The van der Waals surface area contributed by atoms with Crippen LogP contribution in [0.5, 0.6) is 0 Å². The normalized spacial score (nSPS) is 11.9. The number of amides is 1. The van der Waals surface area contributed by atoms with Crippen LogP contribution in [-0.4, -0.2) is 5.91 Å². The molecule has 2 rings (SSSR count). The van der Waals surface area contributed by atoms with Gasteiger partial charge in [0.05, 0.1) is 0 Å². The molecule has 0 heterocycles. The molecule has 0 radical (unpaired) electrons. The van der Waals surface area contributed by atoms with E-state index in [-0.39, 0.29) is 11.9 Å². The van der Waals surface area contributed by atoms with Crippen LogP contribution in [0.25, 0.3) is 0 Å². The molecule has 2 aromatic rings. The van der Waals surface area contributed by atoms with Crippen LogP contribution in [0.2, 0.25) is 0 Å². The first-order valence-electron chi connectivity index (χ1n) is 6.03. The number of hydrazine groups is 1. The van der Waals surface area contributed by atoms with Crippen LogP contribution < -0.4 is 10.9 Å². The molecule has 1 amide bonds. The molecule has 0 saturated heterocycles. The standard InChI is InChI=1S/C15H15BrN2O/c1-11(12-7-9-14(16)10-8-12)17-18-15(19)13-5-3-2-4-6-13/h2-11,17H,1H3,(H,18,19)/t11-/m1/s1. The van der Waals surface area contributed by atoms with Gasteiger partial charge in [0.2, 0.25) is 0 Å². The summed E-state index contributed by atoms with van der Waals surface area (Å²) in [5.41, 5.74) is 7.46. The van der Waals surface area contributed by atoms with Crippen LogP contribution in [0, 0.1) is 0 Å². The Morgan fingerprint density at radius 3 is 2.32 bits per heavy atom. The van der Waals surface area contributed by atoms with Crippen molar-refractivity contribution in [1.82, 2.24) is 10.9 Å². The second-order valence-electron chi connectivity index (χ2n) is 4.24. The lowest BCUT2D eigenvalue weighted by Gasteiger charge is -2.15. The minimum Gasteiger partial charge on any atom is -0.287 e. The van der Waals surface area contributed by atoms with Gasteiger partial charge in [0, 0.05) is 16.1 Å². The van der Waals surface area contributed by atoms with Gasteiger partial charge < -0.3 is 0 Å². The zero-order valence-electron chi connectivity index (χ0n) is 10.6. The zero-order chi connectivity index (χ0) is 13.7. The van der Waals surface area contributed by atoms with E-state index >= 15 is 0 Å². The van der Waals surface area contributed by atoms with E-state index in [2.05, 4.69) is 26.8 Å². The molecule has 2 N–H and O–H groups in total. The first-order valence-corrected chi connectivity index (χ1v) is 6.82. The lowest BCUT2D eigenvalue weighted by Crippen LogP contribution is -2.38. The molecular formula is C15H15BrN2O. The molecule has 0 aliphatic heterocycles. The Hall–Kier alpha value is -1.65. The van der Waals surface area contributed by atoms with Crippen LogP contribution in [0.1, 0.15) is 28.9 Å². The van der Waals surface area contributed by atoms with Crippen molar-refractivity contribution in [1.29, 1.82) is 0 Å². The van der Waals surface area contributed by atoms with Crippen molar-refractivity contribution >= 4 is 21.8 Å². The Morgan fingerprint density at radius 1 is 1.05 bits per heavy atom. The minimum absolute atomic E-state index is 0.0424. The quantitative estimate of drug-likeness (QED) is 0.848. The van der Waals surface area contributed by atoms with Gasteiger partial charge in [0.15, 0.2) is 0 Å². The van der Waals surface area contributed by atoms with Crippen molar-refractivity contribution in [3.63, 3.8) is 0 Å². The molecule has 0 aliphatic rings. The van der Waals surface area contributed by atoms with Gasteiger partial charge in [-0.1, -0.05) is 46.3 Å². The summed E-state index contributed by atoms with van der Waals surface area (Å²) < 4.78 is 1.04. The third-order valence-corrected chi connectivity index (χ3v) is 3.34. The Kier molecular flexibility index (Phi) is 4.71. The molecule has 4 heteroatoms. The summed E-state index contributed by atoms with van der Waals surface area (Å²) >= 11 is 3.40. The van der Waals surface area contributed by atoms with Crippen molar-refractivity contribution < 1.29 is 4.79 Å². The maximum absolute atomic E-state index is 11.9. The van der Waals surface area contributed by atoms with Gasteiger partial charge in [-0.05, 0) is 36.8 Å². The fourth-order valence-electron chi connectivity index (χ4n) is 1.67. The number of benzene rings is 2. The van der Waals surface area contributed by atoms with Gasteiger partial charge >= 0.3 is 0 Å². The molecule has 1 atom stereocenters. The van der Waals surface area contributed by atoms with Gasteiger partial charge in [-0.2, -0.15) is 0 Å². The van der Waals surface area contributed by atoms with Crippen LogP contribution in [0.3, 0.4) is 0 Å². The lowest BCUT2D eigenvalue weighted by atomic mass is 10.1. The van der Waals surface area contributed by atoms with Crippen LogP contribution in [0.4, 0.5) is 0 Å². The molecule has 0 fully saturated rings. The van der Waals surface area contributed by atoms with E-state index in [9.17, 15) is 4.79 Å². The van der Waals surface area contributed by atoms with E-state index in [4.69, 9.17) is 0 Å². The monoisotopic (exact) mass is 318 g/mol. The third kappa shape index (κ3) is 3.91. The fourth-order valence-corrected chi connectivity index (χ4v) is 1.93. The molecule has 0 spiro atoms. The summed E-state index contributed by atoms with van der Waals surface area (Å²) in [6, 6.07) is 17.1. The van der Waals surface area contributed by atoms with Gasteiger partial charge in [-0.15, -0.1) is 0 Å². The largest absolute Gasteiger partial charge is 0.287 e. The van der Waals surface area contributed by atoms with E-state index < -0.39 is 0 Å². The molecule has 0 saturated carbocycles. The summed E-state index contributed by atoms with van der Waals surface area (Å²) in [5.74, 6) is -0.135. The third-order valence-electron chi connectivity index (χ3n) is 2.81. The Labute approximate surface area is 121 Å². The molecule has 0 aliphatic carbocycles. The summed E-state index contributed by atoms with van der Waals surface area (Å²) in [5, 5.41) is 0. The highest BCUT2D eigenvalue weighted by molar-refractivity contribution is 9.10. The number of hydrogen-bond donors (Lipinski definition) is 2. The summed E-state index contributed by atoms with van der Waals surface area (Å²) in [6.07, 6.45) is 0. The van der Waals surface area contributed by atoms with E-state index in [1.165, 1.54) is 0 Å². The number of rotatable bonds is 4. The first kappa shape index (κ1) is 13.8. The van der Waals surface area contributed by atoms with E-state index in [0.29, 0.717) is 5.56 Å². The second-order valence-corrected chi connectivity index (χ2v) is 5.15. The van der Waals surface area contributed by atoms with Gasteiger partial charge in [-0.3, -0.25) is 10.2 Å². The Balaban J connectivity index is 1.92. The lowest BCUT2D eigenvalue weighted by molar-refractivity contribution is 0.0926. The predicted molar refractivity (Wildman–Crippen MR) is 79.6 cm³/mol. The van der Waals surface area contributed by atoms with Crippen molar-refractivity contribution in [3.8, 4) is 0 Å². The molecule has 0 aromatic heterocycles. The average Bonchev–Trinajstić information content (AvgIpc) is 2.46. The predicted octanol–water partition coefficient (Wildman–Crippen LogP) is 3.44. The molecular weight excluding hydrogens is 304 g/mol. The summed E-state index contributed by atoms with van der Waals surface area (Å²) in [4.78, 5) is 11.9. The first-order chi connectivity index (χ1) is 9.16. The van der Waals surface area contributed by atoms with Crippen molar-refractivity contribution in [2.75, 3.05) is 0 Å². The van der Waals surface area contributed by atoms with E-state index in [1.807, 2.05) is 49.4 Å². The highest BCUT2D eigenvalue weighted by Gasteiger charge is 2.08. The molecule has 3 nitrogen and oxygen atoms in total. The summed E-state index contributed by atoms with van der Waals surface area (Å²) in [7, 11) is 0. The molecule has 0 bridgehead atoms. The zero-order valence-corrected chi connectivity index (χ0v) is 12.1. The van der Waals surface area contributed by atoms with Gasteiger partial charge in [0.1, 0.15) is 0 Å². The molecule has 19 heavy (non-hydrogen) atoms. The smallest absolute Gasteiger partial charge is 0.265 e. The SMILES string of the molecule is C[C@@H](NNC(=O)c1ccccc1)c1ccc(Br)cc1. The van der Waals surface area contributed by atoms with Gasteiger partial charge in [0.25, 0.3) is 5.91 Å². The minimum atomic E-state index is -0.135. The highest BCUT2D eigenvalue weighted by atomic mass is 79.9. The van der Waals surface area contributed by atoms with Crippen molar-refractivity contribution in [3.05, 3.63) is 70.2 Å². The molecule has 98 valence electrons. The van der Waals surface area contributed by atoms with Crippen LogP contribution in [0.15, 0.2) is 59.1 Å². The van der Waals surface area contributed by atoms with E-state index in [1.54, 1.807) is 12.1 Å². The number of hydrogen-bond acceptors (Lipinski definition) is 2. The number of halogens is 1. The average molecular weight is 319 g/mol. The molecule has 0 unspecified atom stereocenters. The number of carbonyl (C=O) groups is 1. The maximum atomic E-state index is 11.9. The second kappa shape index (κ2) is 6.50. The summed E-state index contributed by atoms with van der Waals surface area (Å²) in [6.45, 7) is 1.99. The molecule has 2 aromatic carbocycles. The van der Waals surface area contributed by atoms with Crippen molar-refractivity contribution in [2.24, 2.45) is 0 Å². The number of carbonyl (C=O) groups excluding carboxylic acids is 1. The maximum Gasteiger partial charge on any atom is 0.265 e. The fraction of sp³-hybridized carbons (Fsp3) is 0.133. The van der Waals surface area contributed by atoms with Crippen LogP contribution in [-0.2, 0) is 0 Å². The highest BCUT2D eigenvalue weighted by Crippen LogP contribution is 2.15. The topological polar surface area (TPSA) is 41.1 Å². The number of nitrogens with one attached hydrogen (secondary N) is 2. The van der Waals surface area contributed by atoms with E-state index in [0.717, 1.165) is 10.0 Å². The Bertz CT molecular complexity index is 540. The Morgan fingerprint density at radius 2 is 1.68 bits per heavy atom. The van der Waals surface area contributed by atoms with Gasteiger partial charge in [-0.25, -0.2) is 5.43 Å². The van der Waals surface area contributed by atoms with Crippen molar-refractivity contribution in [2.45, 2.75) is 13.0 Å². The van der Waals surface area contributed by atoms with Crippen LogP contribution >= 0.6 is 15.9 Å².